The maximum absolute atomic E-state index is 4.52. The van der Waals surface area contributed by atoms with E-state index in [1.165, 1.54) is 30.9 Å². The third-order valence-corrected chi connectivity index (χ3v) is 4.36. The molecule has 17 heavy (non-hydrogen) atoms. The average molecular weight is 253 g/mol. The van der Waals surface area contributed by atoms with Crippen molar-refractivity contribution < 1.29 is 0 Å². The number of nitrogens with zero attached hydrogens (tertiary/aromatic N) is 3. The van der Waals surface area contributed by atoms with Gasteiger partial charge in [-0.2, -0.15) is 0 Å². The molecular formula is C13H23N3S. The van der Waals surface area contributed by atoms with E-state index in [9.17, 15) is 0 Å². The molecule has 0 radical (unpaired) electrons. The predicted molar refractivity (Wildman–Crippen MR) is 73.5 cm³/mol. The molecule has 0 aromatic carbocycles. The second-order valence-corrected chi connectivity index (χ2v) is 6.11. The molecule has 1 aliphatic heterocycles. The van der Waals surface area contributed by atoms with Gasteiger partial charge in [-0.15, -0.1) is 11.3 Å². The molecular weight excluding hydrogens is 230 g/mol. The number of likely N-dealkylation sites (tertiary alicyclic amines) is 1. The van der Waals surface area contributed by atoms with Crippen LogP contribution in [-0.4, -0.2) is 47.5 Å². The average Bonchev–Trinajstić information content (AvgIpc) is 2.89. The molecule has 1 saturated heterocycles. The first-order valence-corrected chi connectivity index (χ1v) is 7.36. The molecule has 1 aromatic rings. The lowest BCUT2D eigenvalue weighted by molar-refractivity contribution is 0.188. The van der Waals surface area contributed by atoms with E-state index in [2.05, 4.69) is 41.1 Å². The summed E-state index contributed by atoms with van der Waals surface area (Å²) in [5.74, 6) is 0. The number of rotatable bonds is 5. The van der Waals surface area contributed by atoms with E-state index in [1.807, 2.05) is 0 Å². The van der Waals surface area contributed by atoms with Crippen LogP contribution in [0.4, 0.5) is 0 Å². The van der Waals surface area contributed by atoms with Gasteiger partial charge in [0.05, 0.1) is 6.54 Å². The Morgan fingerprint density at radius 2 is 2.18 bits per heavy atom. The van der Waals surface area contributed by atoms with Crippen LogP contribution in [0, 0.1) is 6.92 Å². The van der Waals surface area contributed by atoms with E-state index in [1.54, 1.807) is 11.3 Å². The van der Waals surface area contributed by atoms with E-state index < -0.39 is 0 Å². The van der Waals surface area contributed by atoms with Crippen molar-refractivity contribution in [2.75, 3.05) is 26.7 Å². The second-order valence-electron chi connectivity index (χ2n) is 5.17. The molecule has 96 valence electrons. The summed E-state index contributed by atoms with van der Waals surface area (Å²) in [6.45, 7) is 9.09. The summed E-state index contributed by atoms with van der Waals surface area (Å²) >= 11 is 1.77. The van der Waals surface area contributed by atoms with Crippen molar-refractivity contribution in [2.24, 2.45) is 0 Å². The summed E-state index contributed by atoms with van der Waals surface area (Å²) in [6, 6.07) is 0.670. The molecule has 0 N–H and O–H groups in total. The molecule has 1 atom stereocenters. The lowest BCUT2D eigenvalue weighted by Gasteiger charge is -2.27. The molecule has 3 nitrogen and oxygen atoms in total. The zero-order valence-corrected chi connectivity index (χ0v) is 12.0. The summed E-state index contributed by atoms with van der Waals surface area (Å²) < 4.78 is 0. The summed E-state index contributed by atoms with van der Waals surface area (Å²) in [4.78, 5) is 9.51. The van der Waals surface area contributed by atoms with Crippen LogP contribution in [0.2, 0.25) is 0 Å². The smallest absolute Gasteiger partial charge is 0.107 e. The van der Waals surface area contributed by atoms with Crippen molar-refractivity contribution in [3.63, 3.8) is 0 Å². The molecule has 2 heterocycles. The van der Waals surface area contributed by atoms with Gasteiger partial charge in [-0.3, -0.25) is 9.80 Å². The third kappa shape index (κ3) is 3.76. The van der Waals surface area contributed by atoms with E-state index in [0.29, 0.717) is 6.04 Å². The van der Waals surface area contributed by atoms with Crippen LogP contribution < -0.4 is 0 Å². The van der Waals surface area contributed by atoms with Crippen molar-refractivity contribution in [3.05, 3.63) is 16.1 Å². The fourth-order valence-corrected chi connectivity index (χ4v) is 3.37. The monoisotopic (exact) mass is 253 g/mol. The van der Waals surface area contributed by atoms with Crippen LogP contribution in [0.15, 0.2) is 5.38 Å². The highest BCUT2D eigenvalue weighted by atomic mass is 32.1. The first-order chi connectivity index (χ1) is 8.15. The number of hydrogen-bond donors (Lipinski definition) is 0. The lowest BCUT2D eigenvalue weighted by Crippen LogP contribution is -2.39. The molecule has 0 bridgehead atoms. The van der Waals surface area contributed by atoms with Crippen molar-refractivity contribution >= 4 is 11.3 Å². The number of likely N-dealkylation sites (N-methyl/N-ethyl adjacent to an activating group) is 1. The topological polar surface area (TPSA) is 19.4 Å². The normalized spacial score (nSPS) is 19.1. The quantitative estimate of drug-likeness (QED) is 0.803. The fraction of sp³-hybridized carbons (Fsp3) is 0.769. The molecule has 0 amide bonds. The fourth-order valence-electron chi connectivity index (χ4n) is 2.52. The van der Waals surface area contributed by atoms with E-state index in [4.69, 9.17) is 0 Å². The van der Waals surface area contributed by atoms with Crippen LogP contribution in [0.25, 0.3) is 0 Å². The molecule has 1 fully saturated rings. The first kappa shape index (κ1) is 13.0. The Morgan fingerprint density at radius 3 is 2.76 bits per heavy atom. The molecule has 0 aliphatic carbocycles. The Balaban J connectivity index is 1.78. The standard InChI is InChI=1S/C13H23N3S/c1-11-10-17-13(14-11)9-15(3)8-12(2)16-6-4-5-7-16/h10,12H,4-9H2,1-3H3. The van der Waals surface area contributed by atoms with Crippen molar-refractivity contribution in [1.29, 1.82) is 0 Å². The van der Waals surface area contributed by atoms with Gasteiger partial charge in [0.2, 0.25) is 0 Å². The van der Waals surface area contributed by atoms with Crippen molar-refractivity contribution in [2.45, 2.75) is 39.3 Å². The van der Waals surface area contributed by atoms with Gasteiger partial charge in [0.1, 0.15) is 5.01 Å². The zero-order chi connectivity index (χ0) is 12.3. The van der Waals surface area contributed by atoms with E-state index in [-0.39, 0.29) is 0 Å². The SMILES string of the molecule is Cc1csc(CN(C)CC(C)N2CCCC2)n1. The van der Waals surface area contributed by atoms with Gasteiger partial charge in [-0.1, -0.05) is 0 Å². The van der Waals surface area contributed by atoms with Gasteiger partial charge in [-0.05, 0) is 46.8 Å². The van der Waals surface area contributed by atoms with E-state index >= 15 is 0 Å². The van der Waals surface area contributed by atoms with E-state index in [0.717, 1.165) is 18.8 Å². The van der Waals surface area contributed by atoms with Crippen LogP contribution in [0.1, 0.15) is 30.5 Å². The van der Waals surface area contributed by atoms with Gasteiger partial charge in [-0.25, -0.2) is 4.98 Å². The largest absolute Gasteiger partial charge is 0.299 e. The maximum Gasteiger partial charge on any atom is 0.107 e. The zero-order valence-electron chi connectivity index (χ0n) is 11.1. The van der Waals surface area contributed by atoms with Crippen LogP contribution in [-0.2, 0) is 6.54 Å². The summed E-state index contributed by atoms with van der Waals surface area (Å²) in [5.41, 5.74) is 1.14. The molecule has 1 aliphatic rings. The molecule has 4 heteroatoms. The van der Waals surface area contributed by atoms with Gasteiger partial charge in [0.15, 0.2) is 0 Å². The van der Waals surface area contributed by atoms with Crippen LogP contribution in [0.5, 0.6) is 0 Å². The Hall–Kier alpha value is -0.450. The maximum atomic E-state index is 4.52. The Bertz CT molecular complexity index is 344. The number of aromatic nitrogens is 1. The minimum Gasteiger partial charge on any atom is -0.299 e. The van der Waals surface area contributed by atoms with Crippen LogP contribution >= 0.6 is 11.3 Å². The summed E-state index contributed by atoms with van der Waals surface area (Å²) in [5, 5.41) is 3.37. The number of hydrogen-bond acceptors (Lipinski definition) is 4. The van der Waals surface area contributed by atoms with Crippen molar-refractivity contribution in [1.82, 2.24) is 14.8 Å². The highest BCUT2D eigenvalue weighted by molar-refractivity contribution is 7.09. The second kappa shape index (κ2) is 5.94. The van der Waals surface area contributed by atoms with Gasteiger partial charge in [0, 0.05) is 23.7 Å². The summed E-state index contributed by atoms with van der Waals surface area (Å²) in [7, 11) is 2.20. The molecule has 2 rings (SSSR count). The van der Waals surface area contributed by atoms with Crippen LogP contribution in [0.3, 0.4) is 0 Å². The van der Waals surface area contributed by atoms with Gasteiger partial charge < -0.3 is 0 Å². The number of thiazole rings is 1. The molecule has 1 aromatic heterocycles. The lowest BCUT2D eigenvalue weighted by atomic mass is 10.3. The number of aryl methyl sites for hydroxylation is 1. The highest BCUT2D eigenvalue weighted by Crippen LogP contribution is 2.14. The molecule has 0 spiro atoms. The van der Waals surface area contributed by atoms with Gasteiger partial charge >= 0.3 is 0 Å². The predicted octanol–water partition coefficient (Wildman–Crippen LogP) is 2.37. The minimum atomic E-state index is 0.670. The highest BCUT2D eigenvalue weighted by Gasteiger charge is 2.19. The minimum absolute atomic E-state index is 0.670. The Kier molecular flexibility index (Phi) is 4.54. The molecule has 0 saturated carbocycles. The van der Waals surface area contributed by atoms with Gasteiger partial charge in [0.25, 0.3) is 0 Å². The summed E-state index contributed by atoms with van der Waals surface area (Å²) in [6.07, 6.45) is 2.75. The molecule has 1 unspecified atom stereocenters. The first-order valence-electron chi connectivity index (χ1n) is 6.49. The Morgan fingerprint density at radius 1 is 1.47 bits per heavy atom. The Labute approximate surface area is 108 Å². The van der Waals surface area contributed by atoms with Crippen molar-refractivity contribution in [3.8, 4) is 0 Å². The third-order valence-electron chi connectivity index (χ3n) is 3.41.